The van der Waals surface area contributed by atoms with Gasteiger partial charge in [0.2, 0.25) is 5.82 Å². The lowest BCUT2D eigenvalue weighted by molar-refractivity contribution is 0.0849. The maximum atomic E-state index is 12.6. The lowest BCUT2D eigenvalue weighted by atomic mass is 10.1. The quantitative estimate of drug-likeness (QED) is 0.905. The number of amides is 1. The van der Waals surface area contributed by atoms with E-state index >= 15 is 0 Å². The molecule has 4 heterocycles. The predicted molar refractivity (Wildman–Crippen MR) is 99.6 cm³/mol. The Kier molecular flexibility index (Phi) is 4.72. The molecule has 1 N–H and O–H groups in total. The van der Waals surface area contributed by atoms with Crippen molar-refractivity contribution in [3.8, 4) is 0 Å². The number of fused-ring (bicyclic) bond motifs is 1. The average molecular weight is 355 g/mol. The summed E-state index contributed by atoms with van der Waals surface area (Å²) in [5, 5.41) is 3.87. The molecule has 4 rings (SSSR count). The fourth-order valence-corrected chi connectivity index (χ4v) is 3.81. The molecule has 0 saturated carbocycles. The van der Waals surface area contributed by atoms with Crippen LogP contribution in [-0.4, -0.2) is 53.2 Å². The van der Waals surface area contributed by atoms with E-state index in [9.17, 15) is 4.79 Å². The van der Waals surface area contributed by atoms with Crippen molar-refractivity contribution in [1.29, 1.82) is 0 Å². The molecule has 2 aromatic heterocycles. The number of ether oxygens (including phenoxy) is 1. The summed E-state index contributed by atoms with van der Waals surface area (Å²) in [7, 11) is 0. The summed E-state index contributed by atoms with van der Waals surface area (Å²) in [5.74, 6) is 0.762. The molecule has 0 aliphatic carbocycles. The second kappa shape index (κ2) is 7.15. The fraction of sp³-hybridized carbons (Fsp3) is 0.579. The molecule has 0 aromatic carbocycles. The second-order valence-electron chi connectivity index (χ2n) is 7.19. The molecule has 26 heavy (non-hydrogen) atoms. The maximum absolute atomic E-state index is 12.6. The fourth-order valence-electron chi connectivity index (χ4n) is 3.81. The van der Waals surface area contributed by atoms with Crippen LogP contribution in [0.5, 0.6) is 0 Å². The highest BCUT2D eigenvalue weighted by Crippen LogP contribution is 2.29. The van der Waals surface area contributed by atoms with Crippen LogP contribution in [-0.2, 0) is 4.74 Å². The number of nitrogens with one attached hydrogen (secondary N) is 1. The van der Waals surface area contributed by atoms with Gasteiger partial charge in [0.1, 0.15) is 5.82 Å². The number of nitrogens with zero attached hydrogens (tertiary/aromatic N) is 4. The Hall–Kier alpha value is -2.28. The van der Waals surface area contributed by atoms with Crippen LogP contribution in [0.4, 0.5) is 5.82 Å². The van der Waals surface area contributed by atoms with E-state index in [1.54, 1.807) is 0 Å². The van der Waals surface area contributed by atoms with E-state index in [1.165, 1.54) is 0 Å². The zero-order valence-corrected chi connectivity index (χ0v) is 15.4. The van der Waals surface area contributed by atoms with Gasteiger partial charge in [-0.25, -0.2) is 15.0 Å². The monoisotopic (exact) mass is 355 g/mol. The van der Waals surface area contributed by atoms with Gasteiger partial charge in [0, 0.05) is 31.9 Å². The first-order chi connectivity index (χ1) is 12.6. The summed E-state index contributed by atoms with van der Waals surface area (Å²) in [6.45, 7) is 7.18. The van der Waals surface area contributed by atoms with Gasteiger partial charge < -0.3 is 15.0 Å². The van der Waals surface area contributed by atoms with Crippen molar-refractivity contribution in [2.45, 2.75) is 45.6 Å². The third kappa shape index (κ3) is 3.35. The number of aromatic nitrogens is 3. The van der Waals surface area contributed by atoms with Gasteiger partial charge in [-0.2, -0.15) is 0 Å². The van der Waals surface area contributed by atoms with E-state index in [4.69, 9.17) is 4.74 Å². The summed E-state index contributed by atoms with van der Waals surface area (Å²) < 4.78 is 5.57. The highest BCUT2D eigenvalue weighted by Gasteiger charge is 2.23. The highest BCUT2D eigenvalue weighted by molar-refractivity contribution is 5.96. The van der Waals surface area contributed by atoms with Crippen molar-refractivity contribution < 1.29 is 9.53 Å². The highest BCUT2D eigenvalue weighted by atomic mass is 16.5. The van der Waals surface area contributed by atoms with Crippen LogP contribution >= 0.6 is 0 Å². The molecule has 0 bridgehead atoms. The summed E-state index contributed by atoms with van der Waals surface area (Å²) in [6, 6.07) is 2.04. The number of anilines is 1. The van der Waals surface area contributed by atoms with E-state index in [1.807, 2.05) is 13.0 Å². The molecule has 2 saturated heterocycles. The minimum Gasteiger partial charge on any atom is -0.376 e. The minimum atomic E-state index is -0.260. The molecule has 2 aliphatic rings. The molecule has 7 heteroatoms. The van der Waals surface area contributed by atoms with Crippen LogP contribution in [0.2, 0.25) is 0 Å². The molecule has 2 fully saturated rings. The first-order valence-corrected chi connectivity index (χ1v) is 9.42. The van der Waals surface area contributed by atoms with Crippen molar-refractivity contribution in [1.82, 2.24) is 20.3 Å². The van der Waals surface area contributed by atoms with Gasteiger partial charge in [-0.1, -0.05) is 0 Å². The van der Waals surface area contributed by atoms with Crippen molar-refractivity contribution in [2.24, 2.45) is 0 Å². The molecule has 1 unspecified atom stereocenters. The number of hydrogen-bond acceptors (Lipinski definition) is 6. The van der Waals surface area contributed by atoms with Crippen LogP contribution < -0.4 is 10.2 Å². The SMILES string of the molecule is Cc1cc(C)c2c(N3CCCC3)nc(C(=O)NCC3CCCO3)nc2n1. The normalized spacial score (nSPS) is 20.1. The lowest BCUT2D eigenvalue weighted by Crippen LogP contribution is -2.33. The Morgan fingerprint density at radius 2 is 2.04 bits per heavy atom. The molecule has 7 nitrogen and oxygen atoms in total. The number of aryl methyl sites for hydroxylation is 2. The van der Waals surface area contributed by atoms with Crippen molar-refractivity contribution in [3.63, 3.8) is 0 Å². The van der Waals surface area contributed by atoms with Crippen molar-refractivity contribution in [3.05, 3.63) is 23.1 Å². The topological polar surface area (TPSA) is 80.2 Å². The number of rotatable bonds is 4. The third-order valence-corrected chi connectivity index (χ3v) is 5.10. The Morgan fingerprint density at radius 3 is 2.77 bits per heavy atom. The number of pyridine rings is 1. The molecular formula is C19H25N5O2. The summed E-state index contributed by atoms with van der Waals surface area (Å²) in [5.41, 5.74) is 2.59. The Bertz CT molecular complexity index is 826. The Labute approximate surface area is 153 Å². The predicted octanol–water partition coefficient (Wildman–Crippen LogP) is 2.15. The molecule has 138 valence electrons. The Balaban J connectivity index is 1.69. The second-order valence-corrected chi connectivity index (χ2v) is 7.19. The van der Waals surface area contributed by atoms with Crippen LogP contribution in [0.15, 0.2) is 6.07 Å². The van der Waals surface area contributed by atoms with Gasteiger partial charge in [-0.15, -0.1) is 0 Å². The van der Waals surface area contributed by atoms with E-state index in [2.05, 4.69) is 32.1 Å². The largest absolute Gasteiger partial charge is 0.376 e. The molecule has 1 atom stereocenters. The number of carbonyl (C=O) groups is 1. The molecule has 1 amide bonds. The van der Waals surface area contributed by atoms with E-state index in [0.717, 1.165) is 67.8 Å². The first kappa shape index (κ1) is 17.1. The smallest absolute Gasteiger partial charge is 0.289 e. The minimum absolute atomic E-state index is 0.0973. The lowest BCUT2D eigenvalue weighted by Gasteiger charge is -2.20. The molecule has 2 aromatic rings. The van der Waals surface area contributed by atoms with Crippen LogP contribution in [0.25, 0.3) is 11.0 Å². The van der Waals surface area contributed by atoms with Gasteiger partial charge in [0.25, 0.3) is 5.91 Å². The first-order valence-electron chi connectivity index (χ1n) is 9.42. The summed E-state index contributed by atoms with van der Waals surface area (Å²) >= 11 is 0. The number of carbonyl (C=O) groups excluding carboxylic acids is 1. The van der Waals surface area contributed by atoms with Gasteiger partial charge in [0.15, 0.2) is 5.65 Å². The third-order valence-electron chi connectivity index (χ3n) is 5.10. The van der Waals surface area contributed by atoms with Crippen molar-refractivity contribution in [2.75, 3.05) is 31.1 Å². The van der Waals surface area contributed by atoms with Crippen molar-refractivity contribution >= 4 is 22.8 Å². The summed E-state index contributed by atoms with van der Waals surface area (Å²) in [4.78, 5) is 28.6. The molecule has 2 aliphatic heterocycles. The van der Waals surface area contributed by atoms with Crippen LogP contribution in [0.1, 0.15) is 47.6 Å². The van der Waals surface area contributed by atoms with Gasteiger partial charge in [-0.05, 0) is 51.2 Å². The average Bonchev–Trinajstić information content (AvgIpc) is 3.31. The van der Waals surface area contributed by atoms with Crippen LogP contribution in [0.3, 0.4) is 0 Å². The zero-order valence-electron chi connectivity index (χ0n) is 15.4. The van der Waals surface area contributed by atoms with Gasteiger partial charge in [0.05, 0.1) is 11.5 Å². The number of hydrogen-bond donors (Lipinski definition) is 1. The maximum Gasteiger partial charge on any atom is 0.289 e. The standard InChI is InChI=1S/C19H25N5O2/c1-12-10-13(2)21-16-15(12)18(24-7-3-4-8-24)23-17(22-16)19(25)20-11-14-6-5-9-26-14/h10,14H,3-9,11H2,1-2H3,(H,20,25). The molecule has 0 radical (unpaired) electrons. The summed E-state index contributed by atoms with van der Waals surface area (Å²) in [6.07, 6.45) is 4.42. The van der Waals surface area contributed by atoms with E-state index in [-0.39, 0.29) is 17.8 Å². The molecule has 0 spiro atoms. The zero-order chi connectivity index (χ0) is 18.1. The molecular weight excluding hydrogens is 330 g/mol. The van der Waals surface area contributed by atoms with E-state index in [0.29, 0.717) is 12.2 Å². The van der Waals surface area contributed by atoms with E-state index < -0.39 is 0 Å². The van der Waals surface area contributed by atoms with Gasteiger partial charge in [-0.3, -0.25) is 4.79 Å². The van der Waals surface area contributed by atoms with Crippen LogP contribution in [0, 0.1) is 13.8 Å². The van der Waals surface area contributed by atoms with Gasteiger partial charge >= 0.3 is 0 Å². The Morgan fingerprint density at radius 1 is 1.23 bits per heavy atom.